The van der Waals surface area contributed by atoms with Crippen LogP contribution < -0.4 is 0 Å². The smallest absolute Gasteiger partial charge is 0.225 e. The molecule has 2 aliphatic heterocycles. The van der Waals surface area contributed by atoms with Gasteiger partial charge in [-0.05, 0) is 43.2 Å². The average molecular weight is 335 g/mol. The zero-order valence-electron chi connectivity index (χ0n) is 14.6. The summed E-state index contributed by atoms with van der Waals surface area (Å²) in [6.07, 6.45) is 5.52. The summed E-state index contributed by atoms with van der Waals surface area (Å²) in [6, 6.07) is 20.9. The van der Waals surface area contributed by atoms with Gasteiger partial charge < -0.3 is 9.64 Å². The number of aryl methyl sites for hydroxylation is 1. The van der Waals surface area contributed by atoms with Crippen LogP contribution in [0.5, 0.6) is 0 Å². The Balaban J connectivity index is 1.51. The largest absolute Gasteiger partial charge is 0.353 e. The van der Waals surface area contributed by atoms with E-state index >= 15 is 0 Å². The van der Waals surface area contributed by atoms with Crippen molar-refractivity contribution < 1.29 is 9.53 Å². The number of amides is 1. The molecule has 0 spiro atoms. The molecule has 0 aliphatic carbocycles. The molecule has 0 unspecified atom stereocenters. The van der Waals surface area contributed by atoms with Gasteiger partial charge >= 0.3 is 0 Å². The van der Waals surface area contributed by atoms with Gasteiger partial charge in [0.1, 0.15) is 5.72 Å². The fourth-order valence-corrected chi connectivity index (χ4v) is 4.34. The van der Waals surface area contributed by atoms with Gasteiger partial charge in [0.15, 0.2) is 0 Å². The third-order valence-electron chi connectivity index (χ3n) is 5.55. The third kappa shape index (κ3) is 3.21. The Morgan fingerprint density at radius 2 is 1.76 bits per heavy atom. The number of piperidine rings is 1. The van der Waals surface area contributed by atoms with Crippen LogP contribution >= 0.6 is 0 Å². The summed E-state index contributed by atoms with van der Waals surface area (Å²) in [5, 5.41) is 0. The molecule has 2 fully saturated rings. The van der Waals surface area contributed by atoms with Gasteiger partial charge in [-0.1, -0.05) is 60.7 Å². The van der Waals surface area contributed by atoms with E-state index in [1.54, 1.807) is 0 Å². The highest BCUT2D eigenvalue weighted by atomic mass is 16.5. The quantitative estimate of drug-likeness (QED) is 0.806. The maximum Gasteiger partial charge on any atom is 0.225 e. The molecule has 3 heteroatoms. The molecule has 2 aliphatic rings. The van der Waals surface area contributed by atoms with Crippen molar-refractivity contribution in [3.8, 4) is 0 Å². The fraction of sp³-hybridized carbons (Fsp3) is 0.409. The van der Waals surface area contributed by atoms with Gasteiger partial charge in [0.2, 0.25) is 5.91 Å². The summed E-state index contributed by atoms with van der Waals surface area (Å²) in [5.74, 6) is 0.248. The number of hydrogen-bond donors (Lipinski definition) is 0. The summed E-state index contributed by atoms with van der Waals surface area (Å²) < 4.78 is 6.33. The first kappa shape index (κ1) is 16.3. The van der Waals surface area contributed by atoms with Crippen LogP contribution in [0, 0.1) is 0 Å². The highest BCUT2D eigenvalue weighted by molar-refractivity contribution is 5.78. The first-order valence-corrected chi connectivity index (χ1v) is 9.33. The zero-order valence-corrected chi connectivity index (χ0v) is 14.6. The van der Waals surface area contributed by atoms with Crippen LogP contribution in [0.25, 0.3) is 0 Å². The van der Waals surface area contributed by atoms with Gasteiger partial charge in [0, 0.05) is 6.42 Å². The van der Waals surface area contributed by atoms with Crippen LogP contribution in [0.1, 0.15) is 49.3 Å². The van der Waals surface area contributed by atoms with E-state index in [4.69, 9.17) is 4.74 Å². The number of fused-ring (bicyclic) bond motifs is 1. The van der Waals surface area contributed by atoms with Crippen molar-refractivity contribution in [3.63, 3.8) is 0 Å². The number of hydrogen-bond acceptors (Lipinski definition) is 2. The van der Waals surface area contributed by atoms with Crippen molar-refractivity contribution in [1.29, 1.82) is 0 Å². The Morgan fingerprint density at radius 1 is 1.04 bits per heavy atom. The second-order valence-electron chi connectivity index (χ2n) is 7.14. The normalized spacial score (nSPS) is 25.8. The minimum absolute atomic E-state index is 0.0609. The van der Waals surface area contributed by atoms with E-state index in [0.29, 0.717) is 13.0 Å². The third-order valence-corrected chi connectivity index (χ3v) is 5.55. The van der Waals surface area contributed by atoms with Gasteiger partial charge in [-0.2, -0.15) is 0 Å². The molecular formula is C22H25NO2. The molecular weight excluding hydrogens is 310 g/mol. The van der Waals surface area contributed by atoms with Gasteiger partial charge in [0.05, 0.1) is 12.6 Å². The second-order valence-corrected chi connectivity index (χ2v) is 7.14. The second kappa shape index (κ2) is 7.01. The minimum atomic E-state index is -0.398. The monoisotopic (exact) mass is 335 g/mol. The summed E-state index contributed by atoms with van der Waals surface area (Å²) in [6.45, 7) is 0.612. The number of rotatable bonds is 5. The number of carbonyl (C=O) groups excluding carboxylic acids is 1. The van der Waals surface area contributed by atoms with Crippen molar-refractivity contribution in [2.24, 2.45) is 0 Å². The molecule has 2 heterocycles. The zero-order chi connectivity index (χ0) is 17.1. The van der Waals surface area contributed by atoms with E-state index < -0.39 is 5.72 Å². The molecule has 0 saturated carbocycles. The van der Waals surface area contributed by atoms with E-state index in [1.165, 1.54) is 11.1 Å². The molecule has 0 bridgehead atoms. The number of carbonyl (C=O) groups is 1. The lowest BCUT2D eigenvalue weighted by Crippen LogP contribution is -2.52. The van der Waals surface area contributed by atoms with Crippen molar-refractivity contribution in [2.45, 2.75) is 50.3 Å². The summed E-state index contributed by atoms with van der Waals surface area (Å²) in [4.78, 5) is 14.8. The Bertz CT molecular complexity index is 715. The molecule has 25 heavy (non-hydrogen) atoms. The molecule has 0 aromatic heterocycles. The minimum Gasteiger partial charge on any atom is -0.353 e. The lowest BCUT2D eigenvalue weighted by atomic mass is 9.90. The van der Waals surface area contributed by atoms with Gasteiger partial charge in [-0.15, -0.1) is 0 Å². The maximum atomic E-state index is 12.7. The first-order chi connectivity index (χ1) is 12.3. The molecule has 2 saturated heterocycles. The molecule has 130 valence electrons. The fourth-order valence-electron chi connectivity index (χ4n) is 4.34. The van der Waals surface area contributed by atoms with Crippen LogP contribution in [0.2, 0.25) is 0 Å². The predicted octanol–water partition coefficient (Wildman–Crippen LogP) is 4.49. The van der Waals surface area contributed by atoms with Crippen molar-refractivity contribution in [2.75, 3.05) is 6.61 Å². The van der Waals surface area contributed by atoms with Crippen LogP contribution in [0.3, 0.4) is 0 Å². The van der Waals surface area contributed by atoms with Crippen LogP contribution in [-0.4, -0.2) is 23.1 Å². The molecule has 3 nitrogen and oxygen atoms in total. The van der Waals surface area contributed by atoms with E-state index in [9.17, 15) is 4.79 Å². The number of benzene rings is 2. The Hall–Kier alpha value is -2.13. The van der Waals surface area contributed by atoms with E-state index in [-0.39, 0.29) is 11.9 Å². The molecule has 2 atom stereocenters. The summed E-state index contributed by atoms with van der Waals surface area (Å²) >= 11 is 0. The topological polar surface area (TPSA) is 29.5 Å². The lowest BCUT2D eigenvalue weighted by molar-refractivity contribution is -0.162. The molecule has 1 amide bonds. The number of ether oxygens (including phenoxy) is 1. The van der Waals surface area contributed by atoms with E-state index in [0.717, 1.165) is 32.1 Å². The maximum absolute atomic E-state index is 12.7. The Morgan fingerprint density at radius 3 is 2.52 bits per heavy atom. The lowest BCUT2D eigenvalue weighted by Gasteiger charge is -2.43. The van der Waals surface area contributed by atoms with Crippen molar-refractivity contribution in [3.05, 3.63) is 71.8 Å². The standard InChI is InChI=1S/C22H25NO2/c24-21-14-8-16-22(15-7-11-18-9-3-1-4-10-18)23(21)20(17-25-22)19-12-5-2-6-13-19/h1-6,9-10,12-13,20H,7-8,11,14-17H2/t20-,22+/m0/s1. The first-order valence-electron chi connectivity index (χ1n) is 9.33. The molecule has 4 rings (SSSR count). The summed E-state index contributed by atoms with van der Waals surface area (Å²) in [5.41, 5.74) is 2.14. The Labute approximate surface area is 149 Å². The number of nitrogens with zero attached hydrogens (tertiary/aromatic N) is 1. The molecule has 0 N–H and O–H groups in total. The average Bonchev–Trinajstić information content (AvgIpc) is 3.04. The van der Waals surface area contributed by atoms with Gasteiger partial charge in [-0.3, -0.25) is 4.79 Å². The highest BCUT2D eigenvalue weighted by Crippen LogP contribution is 2.46. The van der Waals surface area contributed by atoms with Gasteiger partial charge in [-0.25, -0.2) is 0 Å². The highest BCUT2D eigenvalue weighted by Gasteiger charge is 2.51. The molecule has 2 aromatic rings. The van der Waals surface area contributed by atoms with E-state index in [1.807, 2.05) is 24.3 Å². The van der Waals surface area contributed by atoms with Crippen molar-refractivity contribution in [1.82, 2.24) is 4.90 Å². The predicted molar refractivity (Wildman–Crippen MR) is 97.9 cm³/mol. The SMILES string of the molecule is O=C1CCC[C@@]2(CCCc3ccccc3)OC[C@@H](c3ccccc3)N12. The molecule has 2 aromatic carbocycles. The molecule has 0 radical (unpaired) electrons. The van der Waals surface area contributed by atoms with Gasteiger partial charge in [0.25, 0.3) is 0 Å². The van der Waals surface area contributed by atoms with Crippen LogP contribution in [0.4, 0.5) is 0 Å². The van der Waals surface area contributed by atoms with E-state index in [2.05, 4.69) is 41.3 Å². The van der Waals surface area contributed by atoms with Crippen LogP contribution in [0.15, 0.2) is 60.7 Å². The van der Waals surface area contributed by atoms with Crippen LogP contribution in [-0.2, 0) is 16.0 Å². The Kier molecular flexibility index (Phi) is 4.58. The van der Waals surface area contributed by atoms with Crippen molar-refractivity contribution >= 4 is 5.91 Å². The summed E-state index contributed by atoms with van der Waals surface area (Å²) in [7, 11) is 0.